The molecule has 0 aliphatic heterocycles. The van der Waals surface area contributed by atoms with Crippen molar-refractivity contribution in [2.24, 2.45) is 0 Å². The van der Waals surface area contributed by atoms with Gasteiger partial charge in [0.25, 0.3) is 0 Å². The number of methoxy groups -OCH3 is 1. The van der Waals surface area contributed by atoms with Crippen LogP contribution in [0.3, 0.4) is 0 Å². The zero-order chi connectivity index (χ0) is 13.1. The van der Waals surface area contributed by atoms with Crippen LogP contribution in [0.2, 0.25) is 0 Å². The van der Waals surface area contributed by atoms with Gasteiger partial charge in [-0.2, -0.15) is 0 Å². The molecule has 0 aromatic heterocycles. The highest BCUT2D eigenvalue weighted by Gasteiger charge is 1.94. The molecule has 1 aromatic carbocycles. The predicted molar refractivity (Wildman–Crippen MR) is 72.3 cm³/mol. The molecule has 4 heteroatoms. The van der Waals surface area contributed by atoms with E-state index in [-0.39, 0.29) is 5.82 Å². The number of halogens is 1. The summed E-state index contributed by atoms with van der Waals surface area (Å²) in [5.41, 5.74) is 1.17. The van der Waals surface area contributed by atoms with Gasteiger partial charge in [-0.3, -0.25) is 0 Å². The molecule has 102 valence electrons. The first-order valence-corrected chi connectivity index (χ1v) is 6.48. The maximum absolute atomic E-state index is 12.7. The molecule has 0 bridgehead atoms. The van der Waals surface area contributed by atoms with Gasteiger partial charge in [-0.05, 0) is 50.2 Å². The fourth-order valence-corrected chi connectivity index (χ4v) is 1.65. The third-order valence-corrected chi connectivity index (χ3v) is 2.69. The highest BCUT2D eigenvalue weighted by atomic mass is 19.1. The lowest BCUT2D eigenvalue weighted by atomic mass is 10.1. The van der Waals surface area contributed by atoms with Crippen molar-refractivity contribution in [1.29, 1.82) is 0 Å². The monoisotopic (exact) mass is 254 g/mol. The van der Waals surface area contributed by atoms with Crippen LogP contribution in [0.1, 0.15) is 12.0 Å². The Morgan fingerprint density at radius 2 is 1.67 bits per heavy atom. The Kier molecular flexibility index (Phi) is 8.38. The molecule has 1 rings (SSSR count). The SMILES string of the molecule is COCCNCCCNCCc1ccc(F)cc1. The van der Waals surface area contributed by atoms with Crippen LogP contribution in [-0.4, -0.2) is 39.9 Å². The molecule has 0 fully saturated rings. The minimum atomic E-state index is -0.172. The Morgan fingerprint density at radius 3 is 2.33 bits per heavy atom. The lowest BCUT2D eigenvalue weighted by Gasteiger charge is -2.06. The Morgan fingerprint density at radius 1 is 1.00 bits per heavy atom. The van der Waals surface area contributed by atoms with Gasteiger partial charge in [-0.25, -0.2) is 4.39 Å². The van der Waals surface area contributed by atoms with Crippen LogP contribution < -0.4 is 10.6 Å². The third kappa shape index (κ3) is 7.37. The molecule has 0 saturated carbocycles. The Balaban J connectivity index is 1.91. The van der Waals surface area contributed by atoms with Gasteiger partial charge in [0, 0.05) is 13.7 Å². The Labute approximate surface area is 109 Å². The number of benzene rings is 1. The third-order valence-electron chi connectivity index (χ3n) is 2.69. The van der Waals surface area contributed by atoms with Crippen LogP contribution in [0.5, 0.6) is 0 Å². The van der Waals surface area contributed by atoms with E-state index >= 15 is 0 Å². The molecule has 0 radical (unpaired) electrons. The largest absolute Gasteiger partial charge is 0.383 e. The summed E-state index contributed by atoms with van der Waals surface area (Å²) in [6.45, 7) is 4.61. The van der Waals surface area contributed by atoms with E-state index in [1.165, 1.54) is 17.7 Å². The van der Waals surface area contributed by atoms with Crippen LogP contribution in [-0.2, 0) is 11.2 Å². The maximum Gasteiger partial charge on any atom is 0.123 e. The van der Waals surface area contributed by atoms with Gasteiger partial charge in [-0.15, -0.1) is 0 Å². The van der Waals surface area contributed by atoms with E-state index in [1.807, 2.05) is 12.1 Å². The number of rotatable bonds is 10. The quantitative estimate of drug-likeness (QED) is 0.622. The molecule has 0 amide bonds. The summed E-state index contributed by atoms with van der Waals surface area (Å²) in [5, 5.41) is 6.67. The van der Waals surface area contributed by atoms with Crippen molar-refractivity contribution in [2.75, 3.05) is 39.9 Å². The average molecular weight is 254 g/mol. The molecule has 0 spiro atoms. The topological polar surface area (TPSA) is 33.3 Å². The van der Waals surface area contributed by atoms with Crippen molar-refractivity contribution in [3.05, 3.63) is 35.6 Å². The second-order valence-electron chi connectivity index (χ2n) is 4.22. The predicted octanol–water partition coefficient (Wildman–Crippen LogP) is 1.58. The fraction of sp³-hybridized carbons (Fsp3) is 0.571. The van der Waals surface area contributed by atoms with Crippen molar-refractivity contribution in [2.45, 2.75) is 12.8 Å². The highest BCUT2D eigenvalue weighted by Crippen LogP contribution is 2.02. The first kappa shape index (κ1) is 15.1. The van der Waals surface area contributed by atoms with Crippen LogP contribution in [0.4, 0.5) is 4.39 Å². The zero-order valence-electron chi connectivity index (χ0n) is 11.0. The van der Waals surface area contributed by atoms with Gasteiger partial charge < -0.3 is 15.4 Å². The van der Waals surface area contributed by atoms with E-state index in [0.29, 0.717) is 0 Å². The number of hydrogen-bond donors (Lipinski definition) is 2. The van der Waals surface area contributed by atoms with Crippen molar-refractivity contribution in [3.63, 3.8) is 0 Å². The molecule has 1 aromatic rings. The zero-order valence-corrected chi connectivity index (χ0v) is 11.0. The lowest BCUT2D eigenvalue weighted by Crippen LogP contribution is -2.25. The Bertz CT molecular complexity index is 303. The molecular weight excluding hydrogens is 231 g/mol. The fourth-order valence-electron chi connectivity index (χ4n) is 1.65. The van der Waals surface area contributed by atoms with Crippen LogP contribution in [0.15, 0.2) is 24.3 Å². The first-order chi connectivity index (χ1) is 8.83. The summed E-state index contributed by atoms with van der Waals surface area (Å²) in [6.07, 6.45) is 2.05. The molecule has 3 nitrogen and oxygen atoms in total. The summed E-state index contributed by atoms with van der Waals surface area (Å²) in [6, 6.07) is 6.69. The van der Waals surface area contributed by atoms with E-state index < -0.39 is 0 Å². The average Bonchev–Trinajstić information content (AvgIpc) is 2.39. The first-order valence-electron chi connectivity index (χ1n) is 6.48. The maximum atomic E-state index is 12.7. The van der Waals surface area contributed by atoms with E-state index in [4.69, 9.17) is 4.74 Å². The van der Waals surface area contributed by atoms with Crippen LogP contribution >= 0.6 is 0 Å². The van der Waals surface area contributed by atoms with Gasteiger partial charge in [0.05, 0.1) is 6.61 Å². The number of nitrogens with one attached hydrogen (secondary N) is 2. The van der Waals surface area contributed by atoms with Crippen molar-refractivity contribution < 1.29 is 9.13 Å². The molecule has 0 saturated heterocycles. The second-order valence-corrected chi connectivity index (χ2v) is 4.22. The molecule has 0 unspecified atom stereocenters. The number of ether oxygens (including phenoxy) is 1. The molecule has 18 heavy (non-hydrogen) atoms. The van der Waals surface area contributed by atoms with Crippen molar-refractivity contribution in [3.8, 4) is 0 Å². The Hall–Kier alpha value is -0.970. The number of hydrogen-bond acceptors (Lipinski definition) is 3. The summed E-state index contributed by atoms with van der Waals surface area (Å²) < 4.78 is 17.6. The second kappa shape index (κ2) is 10.00. The molecule has 2 N–H and O–H groups in total. The smallest absolute Gasteiger partial charge is 0.123 e. The summed E-state index contributed by atoms with van der Waals surface area (Å²) in [4.78, 5) is 0. The van der Waals surface area contributed by atoms with Crippen molar-refractivity contribution in [1.82, 2.24) is 10.6 Å². The summed E-state index contributed by atoms with van der Waals surface area (Å²) in [7, 11) is 1.71. The summed E-state index contributed by atoms with van der Waals surface area (Å²) in [5.74, 6) is -0.172. The van der Waals surface area contributed by atoms with Crippen LogP contribution in [0, 0.1) is 5.82 Å². The molecule has 0 aliphatic rings. The molecule has 0 heterocycles. The molecule has 0 atom stereocenters. The van der Waals surface area contributed by atoms with E-state index in [1.54, 1.807) is 7.11 Å². The summed E-state index contributed by atoms with van der Waals surface area (Å²) >= 11 is 0. The van der Waals surface area contributed by atoms with Gasteiger partial charge in [0.2, 0.25) is 0 Å². The van der Waals surface area contributed by atoms with Gasteiger partial charge in [0.1, 0.15) is 5.82 Å². The van der Waals surface area contributed by atoms with Gasteiger partial charge >= 0.3 is 0 Å². The minimum absolute atomic E-state index is 0.172. The van der Waals surface area contributed by atoms with Crippen molar-refractivity contribution >= 4 is 0 Å². The van der Waals surface area contributed by atoms with Gasteiger partial charge in [0.15, 0.2) is 0 Å². The van der Waals surface area contributed by atoms with Crippen LogP contribution in [0.25, 0.3) is 0 Å². The standard InChI is InChI=1S/C14H23FN2O/c1-18-12-11-17-9-2-8-16-10-7-13-3-5-14(15)6-4-13/h3-6,16-17H,2,7-12H2,1H3. The lowest BCUT2D eigenvalue weighted by molar-refractivity contribution is 0.199. The van der Waals surface area contributed by atoms with E-state index in [0.717, 1.165) is 45.6 Å². The van der Waals surface area contributed by atoms with E-state index in [9.17, 15) is 4.39 Å². The minimum Gasteiger partial charge on any atom is -0.383 e. The van der Waals surface area contributed by atoms with E-state index in [2.05, 4.69) is 10.6 Å². The molecule has 0 aliphatic carbocycles. The highest BCUT2D eigenvalue weighted by molar-refractivity contribution is 5.16. The molecular formula is C14H23FN2O. The normalized spacial score (nSPS) is 10.8. The van der Waals surface area contributed by atoms with Gasteiger partial charge in [-0.1, -0.05) is 12.1 Å².